The zero-order valence-corrected chi connectivity index (χ0v) is 53.9. The summed E-state index contributed by atoms with van der Waals surface area (Å²) < 4.78 is 3.39. The molecule has 5 amide bonds. The van der Waals surface area contributed by atoms with Gasteiger partial charge in [-0.25, -0.2) is 9.59 Å². The monoisotopic (exact) mass is 1290 g/mol. The van der Waals surface area contributed by atoms with Gasteiger partial charge < -0.3 is 86.8 Å². The van der Waals surface area contributed by atoms with Crippen LogP contribution in [0, 0.1) is 24.7 Å². The molecular formula is C57H95N25O10. The van der Waals surface area contributed by atoms with Crippen molar-refractivity contribution >= 4 is 76.0 Å². The molecule has 35 heteroatoms. The first kappa shape index (κ1) is 74.8. The van der Waals surface area contributed by atoms with Gasteiger partial charge in [-0.2, -0.15) is 9.97 Å². The number of H-pyrrole nitrogens is 2. The summed E-state index contributed by atoms with van der Waals surface area (Å²) >= 11 is 0. The Morgan fingerprint density at radius 3 is 1.49 bits per heavy atom. The highest BCUT2D eigenvalue weighted by Gasteiger charge is 2.34. The van der Waals surface area contributed by atoms with Crippen molar-refractivity contribution < 1.29 is 28.8 Å². The van der Waals surface area contributed by atoms with Crippen LogP contribution >= 0.6 is 0 Å². The van der Waals surface area contributed by atoms with Crippen LogP contribution < -0.4 is 90.1 Å². The van der Waals surface area contributed by atoms with Crippen LogP contribution in [0.2, 0.25) is 0 Å². The summed E-state index contributed by atoms with van der Waals surface area (Å²) in [5.41, 5.74) is 47.4. The van der Waals surface area contributed by atoms with E-state index in [0.29, 0.717) is 45.1 Å². The van der Waals surface area contributed by atoms with Crippen molar-refractivity contribution in [2.24, 2.45) is 72.9 Å². The van der Waals surface area contributed by atoms with Crippen molar-refractivity contribution in [3.05, 3.63) is 78.0 Å². The van der Waals surface area contributed by atoms with Gasteiger partial charge in [-0.15, -0.1) is 0 Å². The molecule has 92 heavy (non-hydrogen) atoms. The molecule has 0 aliphatic rings. The smallest absolute Gasteiger partial charge is 0.349 e. The van der Waals surface area contributed by atoms with Gasteiger partial charge in [0.2, 0.25) is 35.5 Å². The van der Waals surface area contributed by atoms with Crippen molar-refractivity contribution in [1.82, 2.24) is 64.3 Å². The first-order chi connectivity index (χ1) is 43.1. The summed E-state index contributed by atoms with van der Waals surface area (Å²) in [6, 6.07) is 0.276. The highest BCUT2D eigenvalue weighted by molar-refractivity contribution is 5.92. The van der Waals surface area contributed by atoms with Crippen LogP contribution in [-0.4, -0.2) is 190 Å². The van der Waals surface area contributed by atoms with Gasteiger partial charge >= 0.3 is 11.4 Å². The Balaban J connectivity index is 1.83. The molecule has 508 valence electrons. The second-order valence-corrected chi connectivity index (χ2v) is 24.1. The Labute approximate surface area is 531 Å². The molecule has 0 radical (unpaired) electrons. The predicted octanol–water partition coefficient (Wildman–Crippen LogP) is -4.80. The Morgan fingerprint density at radius 2 is 1.03 bits per heavy atom. The number of Topliss-reactive ketones (excluding diaryl/α,β-unsaturated/α-hetero) is 1. The lowest BCUT2D eigenvalue weighted by atomic mass is 9.94. The lowest BCUT2D eigenvalue weighted by molar-refractivity contribution is -0.139. The number of carbonyl (C=O) groups excluding carboxylic acids is 6. The third kappa shape index (κ3) is 24.6. The predicted molar refractivity (Wildman–Crippen MR) is 350 cm³/mol. The number of guanidine groups is 3. The van der Waals surface area contributed by atoms with Crippen LogP contribution in [0.4, 0.5) is 11.8 Å². The molecule has 0 bridgehead atoms. The van der Waals surface area contributed by atoms with Gasteiger partial charge in [-0.1, -0.05) is 34.6 Å². The van der Waals surface area contributed by atoms with Gasteiger partial charge in [0, 0.05) is 87.6 Å². The standard InChI is InChI=1S/C57H95N25O10/c1-32(2)70-38(33(3)12-9-17-67-51(59)60)23-80(46(87)30-78-21-16-42(58)73-55(78)91)27-43(84)72-40(35(5)14-11-19-69-53(63)64)25-81(47(88)31-82-22-36(6)49(89)76-56(82)92)28-44(85)71-39(34(4)13-10-18-68-52(61)62)24-79(26-41(83)57(7,8)66)45(86)29-77-20-15-37-48(77)74-54(65)75-50(37)90/h15-16,20-22,32-35,38-40,70H,9-14,17-19,23-31,66H2,1-8H3,(H,71,85)(H,72,84)(H2,58,73,91)(H4,59,60,67)(H4,61,62,68)(H4,63,64,69)(H,76,89,92)(H3,65,74,75,90)/t33-,34-,35-,38+,39+,40+/m0/s1. The van der Waals surface area contributed by atoms with Gasteiger partial charge in [0.25, 0.3) is 11.1 Å². The third-order valence-corrected chi connectivity index (χ3v) is 15.3. The number of aromatic nitrogens is 7. The summed E-state index contributed by atoms with van der Waals surface area (Å²) in [6.45, 7) is 10.2. The number of nitrogens with one attached hydrogen (secondary N) is 5. The SMILES string of the molecule is Cc1cn(CC(=O)N(CC(=O)N[C@H](CN(CC(=O)C(C)(C)N)C(=O)Cn2ccc3c(=O)[nH]c(N)nc32)[C@@H](C)CCCN=C(N)N)C[C@@H](NC(=O)CN(C[C@@H](NC(C)C)[C@@H](C)CCCN=C(N)N)C(=O)Cn2ccc(N)nc2=O)[C@@H](C)CCCN=C(N)N)c(=O)[nH]c1=O. The van der Waals surface area contributed by atoms with E-state index in [1.54, 1.807) is 13.8 Å². The minimum atomic E-state index is -1.43. The molecule has 0 spiro atoms. The Bertz CT molecular complexity index is 3510. The Kier molecular flexibility index (Phi) is 28.5. The fourth-order valence-electron chi connectivity index (χ4n) is 9.99. The maximum atomic E-state index is 15.0. The zero-order valence-electron chi connectivity index (χ0n) is 53.9. The van der Waals surface area contributed by atoms with E-state index in [1.165, 1.54) is 65.9 Å². The number of hydrogen-bond donors (Lipinski definition) is 14. The van der Waals surface area contributed by atoms with Gasteiger partial charge in [0.05, 0.1) is 30.6 Å². The minimum Gasteiger partial charge on any atom is -0.383 e. The number of aromatic amines is 2. The molecular weight excluding hydrogens is 1190 g/mol. The first-order valence-corrected chi connectivity index (χ1v) is 30.3. The topological polar surface area (TPSA) is 560 Å². The molecule has 6 atom stereocenters. The van der Waals surface area contributed by atoms with E-state index >= 15 is 0 Å². The van der Waals surface area contributed by atoms with Crippen molar-refractivity contribution in [2.45, 2.75) is 143 Å². The molecule has 4 aromatic heterocycles. The number of nitrogen functional groups attached to an aromatic ring is 2. The summed E-state index contributed by atoms with van der Waals surface area (Å²) in [5, 5.41) is 9.65. The molecule has 35 nitrogen and oxygen atoms in total. The second kappa shape index (κ2) is 35.1. The largest absolute Gasteiger partial charge is 0.383 e. The van der Waals surface area contributed by atoms with E-state index < -0.39 is 139 Å². The normalized spacial score (nSPS) is 13.4. The van der Waals surface area contributed by atoms with Gasteiger partial charge in [0.1, 0.15) is 31.1 Å². The maximum Gasteiger partial charge on any atom is 0.349 e. The Hall–Kier alpha value is -9.67. The van der Waals surface area contributed by atoms with E-state index in [4.69, 9.17) is 51.6 Å². The quantitative estimate of drug-likeness (QED) is 0.0114. The van der Waals surface area contributed by atoms with Crippen LogP contribution in [0.1, 0.15) is 92.6 Å². The molecule has 23 N–H and O–H groups in total. The molecule has 0 aliphatic carbocycles. The lowest BCUT2D eigenvalue weighted by Gasteiger charge is -2.35. The van der Waals surface area contributed by atoms with E-state index in [-0.39, 0.29) is 84.4 Å². The van der Waals surface area contributed by atoms with E-state index in [1.807, 2.05) is 20.8 Å². The van der Waals surface area contributed by atoms with E-state index in [9.17, 15) is 47.9 Å². The average molecular weight is 1290 g/mol. The number of carbonyl (C=O) groups is 6. The van der Waals surface area contributed by atoms with Crippen molar-refractivity contribution in [2.75, 3.05) is 70.4 Å². The van der Waals surface area contributed by atoms with Crippen LogP contribution in [0.15, 0.2) is 64.9 Å². The number of nitrogens with zero attached hydrogens (tertiary/aromatic N) is 11. The fraction of sp³-hybridized carbons (Fsp3) is 0.596. The summed E-state index contributed by atoms with van der Waals surface area (Å²) in [5.74, 6) is -5.96. The van der Waals surface area contributed by atoms with E-state index in [2.05, 4.69) is 50.9 Å². The van der Waals surface area contributed by atoms with Crippen molar-refractivity contribution in [3.8, 4) is 0 Å². The number of aliphatic imine (C=N–C) groups is 3. The average Bonchev–Trinajstić information content (AvgIpc) is 1.65. The molecule has 4 aromatic rings. The number of rotatable bonds is 38. The number of nitrogens with two attached hydrogens (primary N) is 9. The highest BCUT2D eigenvalue weighted by Crippen LogP contribution is 2.19. The molecule has 0 saturated carbocycles. The molecule has 0 unspecified atom stereocenters. The fourth-order valence-corrected chi connectivity index (χ4v) is 9.99. The van der Waals surface area contributed by atoms with Crippen LogP contribution in [0.3, 0.4) is 0 Å². The van der Waals surface area contributed by atoms with Crippen LogP contribution in [0.5, 0.6) is 0 Å². The first-order valence-electron chi connectivity index (χ1n) is 30.3. The molecule has 4 rings (SSSR count). The summed E-state index contributed by atoms with van der Waals surface area (Å²) in [6.07, 6.45) is 6.57. The van der Waals surface area contributed by atoms with Crippen LogP contribution in [0.25, 0.3) is 11.0 Å². The molecule has 0 saturated heterocycles. The highest BCUT2D eigenvalue weighted by atomic mass is 16.2. The summed E-state index contributed by atoms with van der Waals surface area (Å²) in [4.78, 5) is 168. The molecule has 0 aromatic carbocycles. The number of fused-ring (bicyclic) bond motifs is 1. The van der Waals surface area contributed by atoms with Gasteiger partial charge in [-0.05, 0) is 89.2 Å². The lowest BCUT2D eigenvalue weighted by Crippen LogP contribution is -2.57. The van der Waals surface area contributed by atoms with Crippen molar-refractivity contribution in [1.29, 1.82) is 0 Å². The minimum absolute atomic E-state index is 0.0341. The Morgan fingerprint density at radius 1 is 0.598 bits per heavy atom. The zero-order chi connectivity index (χ0) is 68.7. The maximum absolute atomic E-state index is 15.0. The number of hydrogen-bond acceptors (Lipinski definition) is 19. The number of ketones is 1. The molecule has 0 fully saturated rings. The summed E-state index contributed by atoms with van der Waals surface area (Å²) in [7, 11) is 0. The van der Waals surface area contributed by atoms with Gasteiger partial charge in [0.15, 0.2) is 23.7 Å². The third-order valence-electron chi connectivity index (χ3n) is 15.3. The van der Waals surface area contributed by atoms with Gasteiger partial charge in [-0.3, -0.25) is 72.4 Å². The molecule has 0 aliphatic heterocycles. The van der Waals surface area contributed by atoms with E-state index in [0.717, 1.165) is 14.0 Å². The van der Waals surface area contributed by atoms with Crippen molar-refractivity contribution in [3.63, 3.8) is 0 Å². The number of amides is 5. The number of anilines is 2. The van der Waals surface area contributed by atoms with Crippen LogP contribution in [-0.2, 0) is 48.4 Å². The second-order valence-electron chi connectivity index (χ2n) is 24.1. The molecule has 4 heterocycles. The number of aryl methyl sites for hydroxylation is 1.